The number of fused-ring (bicyclic) bond motifs is 3. The lowest BCUT2D eigenvalue weighted by Gasteiger charge is -2.15. The molecule has 0 aliphatic rings. The summed E-state index contributed by atoms with van der Waals surface area (Å²) in [5.41, 5.74) is 2.63. The second-order valence-electron chi connectivity index (χ2n) is 6.39. The van der Waals surface area contributed by atoms with E-state index in [4.69, 9.17) is 9.47 Å². The normalized spacial score (nSPS) is 11.4. The summed E-state index contributed by atoms with van der Waals surface area (Å²) in [5, 5.41) is 3.05. The quantitative estimate of drug-likeness (QED) is 0.595. The van der Waals surface area contributed by atoms with Crippen LogP contribution >= 0.6 is 0 Å². The number of nitrogens with zero attached hydrogens (tertiary/aromatic N) is 1. The molecule has 4 nitrogen and oxygen atoms in total. The Labute approximate surface area is 148 Å². The van der Waals surface area contributed by atoms with E-state index in [1.165, 1.54) is 0 Å². The molecular weight excluding hydrogens is 314 g/mol. The molecule has 0 amide bonds. The van der Waals surface area contributed by atoms with E-state index >= 15 is 0 Å². The highest BCUT2D eigenvalue weighted by Gasteiger charge is 2.25. The molecule has 0 radical (unpaired) electrons. The summed E-state index contributed by atoms with van der Waals surface area (Å²) in [6, 6.07) is 10.4. The van der Waals surface area contributed by atoms with Gasteiger partial charge in [0.05, 0.1) is 24.3 Å². The average molecular weight is 339 g/mol. The van der Waals surface area contributed by atoms with Crippen LogP contribution in [0.2, 0.25) is 0 Å². The fourth-order valence-corrected chi connectivity index (χ4v) is 3.64. The summed E-state index contributed by atoms with van der Waals surface area (Å²) >= 11 is 0. The maximum Gasteiger partial charge on any atom is 0.340 e. The van der Waals surface area contributed by atoms with Crippen molar-refractivity contribution in [2.24, 2.45) is 0 Å². The molecule has 0 bridgehead atoms. The second kappa shape index (κ2) is 6.79. The number of aromatic nitrogens is 1. The van der Waals surface area contributed by atoms with Gasteiger partial charge in [-0.25, -0.2) is 4.79 Å². The van der Waals surface area contributed by atoms with Gasteiger partial charge in [-0.15, -0.1) is 0 Å². The number of carbonyl (C=O) groups is 1. The first kappa shape index (κ1) is 17.3. The van der Waals surface area contributed by atoms with Gasteiger partial charge < -0.3 is 14.0 Å². The van der Waals surface area contributed by atoms with E-state index in [9.17, 15) is 4.79 Å². The van der Waals surface area contributed by atoms with Crippen molar-refractivity contribution in [1.82, 2.24) is 4.57 Å². The zero-order valence-corrected chi connectivity index (χ0v) is 15.6. The van der Waals surface area contributed by atoms with Crippen molar-refractivity contribution in [2.75, 3.05) is 13.2 Å². The van der Waals surface area contributed by atoms with Gasteiger partial charge in [0.25, 0.3) is 0 Å². The minimum atomic E-state index is -0.276. The standard InChI is InChI=1S/C21H25NO3/c1-6-24-18-12-17-19(21(23)25-7-2)14(5)22(13(3)4)20(17)16-11-9-8-10-15(16)18/h8-13H,6-7H2,1-5H3. The molecule has 0 saturated carbocycles. The smallest absolute Gasteiger partial charge is 0.340 e. The van der Waals surface area contributed by atoms with E-state index in [2.05, 4.69) is 30.5 Å². The summed E-state index contributed by atoms with van der Waals surface area (Å²) in [7, 11) is 0. The largest absolute Gasteiger partial charge is 0.493 e. The molecule has 1 heterocycles. The highest BCUT2D eigenvalue weighted by molar-refractivity contribution is 6.16. The SMILES string of the molecule is CCOC(=O)c1c(C)n(C(C)C)c2c1cc(OCC)c1ccccc12. The van der Waals surface area contributed by atoms with Crippen LogP contribution in [-0.4, -0.2) is 23.8 Å². The molecule has 4 heteroatoms. The van der Waals surface area contributed by atoms with Gasteiger partial charge in [-0.05, 0) is 40.7 Å². The van der Waals surface area contributed by atoms with E-state index < -0.39 is 0 Å². The lowest BCUT2D eigenvalue weighted by Crippen LogP contribution is -2.08. The molecule has 1 aromatic heterocycles. The van der Waals surface area contributed by atoms with Gasteiger partial charge in [0.15, 0.2) is 0 Å². The molecule has 0 saturated heterocycles. The number of hydrogen-bond donors (Lipinski definition) is 0. The van der Waals surface area contributed by atoms with Crippen molar-refractivity contribution in [1.29, 1.82) is 0 Å². The number of hydrogen-bond acceptors (Lipinski definition) is 3. The van der Waals surface area contributed by atoms with E-state index in [1.807, 2.05) is 39.0 Å². The Balaban J connectivity index is 2.49. The molecule has 0 aliphatic heterocycles. The molecule has 0 aliphatic carbocycles. The molecule has 0 N–H and O–H groups in total. The zero-order valence-electron chi connectivity index (χ0n) is 15.6. The van der Waals surface area contributed by atoms with E-state index in [0.717, 1.165) is 33.1 Å². The van der Waals surface area contributed by atoms with Crippen LogP contribution in [0, 0.1) is 6.92 Å². The molecule has 0 spiro atoms. The van der Waals surface area contributed by atoms with Gasteiger partial charge in [-0.3, -0.25) is 0 Å². The van der Waals surface area contributed by atoms with Crippen LogP contribution in [-0.2, 0) is 4.74 Å². The third-order valence-electron chi connectivity index (χ3n) is 4.51. The summed E-state index contributed by atoms with van der Waals surface area (Å²) in [4.78, 5) is 12.6. The van der Waals surface area contributed by atoms with Crippen LogP contribution in [0.5, 0.6) is 5.75 Å². The summed E-state index contributed by atoms with van der Waals surface area (Å²) in [5.74, 6) is 0.527. The minimum absolute atomic E-state index is 0.229. The maximum absolute atomic E-state index is 12.6. The van der Waals surface area contributed by atoms with Gasteiger partial charge in [0.2, 0.25) is 0 Å². The molecule has 25 heavy (non-hydrogen) atoms. The maximum atomic E-state index is 12.6. The minimum Gasteiger partial charge on any atom is -0.493 e. The molecule has 2 aromatic carbocycles. The van der Waals surface area contributed by atoms with Gasteiger partial charge >= 0.3 is 5.97 Å². The van der Waals surface area contributed by atoms with Crippen molar-refractivity contribution >= 4 is 27.6 Å². The van der Waals surface area contributed by atoms with Gasteiger partial charge in [-0.2, -0.15) is 0 Å². The molecule has 3 aromatic rings. The number of esters is 1. The monoisotopic (exact) mass is 339 g/mol. The summed E-state index contributed by atoms with van der Waals surface area (Å²) < 4.78 is 13.4. The lowest BCUT2D eigenvalue weighted by atomic mass is 10.0. The first-order valence-electron chi connectivity index (χ1n) is 8.87. The van der Waals surface area contributed by atoms with E-state index in [1.54, 1.807) is 0 Å². The van der Waals surface area contributed by atoms with Crippen LogP contribution in [0.4, 0.5) is 0 Å². The van der Waals surface area contributed by atoms with Crippen LogP contribution in [0.25, 0.3) is 21.7 Å². The van der Waals surface area contributed by atoms with Crippen LogP contribution in [0.3, 0.4) is 0 Å². The Hall–Kier alpha value is -2.49. The summed E-state index contributed by atoms with van der Waals surface area (Å²) in [6.45, 7) is 11.0. The molecule has 0 fully saturated rings. The number of rotatable bonds is 5. The van der Waals surface area contributed by atoms with Crippen molar-refractivity contribution in [2.45, 2.75) is 40.7 Å². The van der Waals surface area contributed by atoms with Crippen molar-refractivity contribution < 1.29 is 14.3 Å². The fourth-order valence-electron chi connectivity index (χ4n) is 3.64. The molecule has 3 rings (SSSR count). The Kier molecular flexibility index (Phi) is 4.71. The molecule has 0 unspecified atom stereocenters. The average Bonchev–Trinajstić information content (AvgIpc) is 2.88. The third-order valence-corrected chi connectivity index (χ3v) is 4.51. The second-order valence-corrected chi connectivity index (χ2v) is 6.39. The Morgan fingerprint density at radius 3 is 2.36 bits per heavy atom. The van der Waals surface area contributed by atoms with Gasteiger partial charge in [0.1, 0.15) is 5.75 Å². The Morgan fingerprint density at radius 2 is 1.76 bits per heavy atom. The molecule has 0 atom stereocenters. The van der Waals surface area contributed by atoms with Gasteiger partial charge in [0, 0.05) is 27.9 Å². The predicted molar refractivity (Wildman–Crippen MR) is 102 cm³/mol. The zero-order chi connectivity index (χ0) is 18.1. The van der Waals surface area contributed by atoms with Crippen molar-refractivity contribution in [3.05, 3.63) is 41.6 Å². The Morgan fingerprint density at radius 1 is 1.08 bits per heavy atom. The van der Waals surface area contributed by atoms with Gasteiger partial charge in [-0.1, -0.05) is 24.3 Å². The number of ether oxygens (including phenoxy) is 2. The van der Waals surface area contributed by atoms with Crippen molar-refractivity contribution in [3.8, 4) is 5.75 Å². The van der Waals surface area contributed by atoms with Crippen LogP contribution < -0.4 is 4.74 Å². The number of carbonyl (C=O) groups excluding carboxylic acids is 1. The Bertz CT molecular complexity index is 937. The summed E-state index contributed by atoms with van der Waals surface area (Å²) in [6.07, 6.45) is 0. The molecule has 132 valence electrons. The predicted octanol–water partition coefficient (Wildman–Crippen LogP) is 5.26. The highest BCUT2D eigenvalue weighted by atomic mass is 16.5. The van der Waals surface area contributed by atoms with E-state index in [-0.39, 0.29) is 12.0 Å². The third kappa shape index (κ3) is 2.76. The highest BCUT2D eigenvalue weighted by Crippen LogP contribution is 2.39. The van der Waals surface area contributed by atoms with Crippen LogP contribution in [0.15, 0.2) is 30.3 Å². The molecular formula is C21H25NO3. The number of benzene rings is 2. The first-order chi connectivity index (χ1) is 12.0. The fraction of sp³-hybridized carbons (Fsp3) is 0.381. The topological polar surface area (TPSA) is 40.5 Å². The van der Waals surface area contributed by atoms with Crippen molar-refractivity contribution in [3.63, 3.8) is 0 Å². The van der Waals surface area contributed by atoms with Crippen LogP contribution in [0.1, 0.15) is 49.8 Å². The van der Waals surface area contributed by atoms with E-state index in [0.29, 0.717) is 18.8 Å². The first-order valence-corrected chi connectivity index (χ1v) is 8.87. The lowest BCUT2D eigenvalue weighted by molar-refractivity contribution is 0.0527.